The Morgan fingerprint density at radius 2 is 2.03 bits per heavy atom. The van der Waals surface area contributed by atoms with Crippen molar-refractivity contribution in [2.75, 3.05) is 10.6 Å². The van der Waals surface area contributed by atoms with Crippen LogP contribution in [0.4, 0.5) is 15.9 Å². The Morgan fingerprint density at radius 3 is 2.81 bits per heavy atom. The normalized spacial score (nSPS) is 15.6. The van der Waals surface area contributed by atoms with Crippen LogP contribution in [0.15, 0.2) is 66.0 Å². The molecule has 3 heterocycles. The van der Waals surface area contributed by atoms with Crippen molar-refractivity contribution in [3.8, 4) is 0 Å². The molecule has 1 atom stereocenters. The summed E-state index contributed by atoms with van der Waals surface area (Å²) in [7, 11) is 0. The van der Waals surface area contributed by atoms with Crippen molar-refractivity contribution < 1.29 is 14.3 Å². The number of amides is 1. The number of aromatic nitrogens is 4. The topological polar surface area (TPSA) is 108 Å². The lowest BCUT2D eigenvalue weighted by Gasteiger charge is -2.29. The first-order valence-corrected chi connectivity index (χ1v) is 9.70. The molecule has 8 nitrogen and oxygen atoms in total. The number of nitrogens with zero attached hydrogens (tertiary/aromatic N) is 3. The highest BCUT2D eigenvalue weighted by atomic mass is 19.1. The number of benzene rings is 2. The second kappa shape index (κ2) is 7.37. The molecule has 1 unspecified atom stereocenters. The van der Waals surface area contributed by atoms with Gasteiger partial charge in [-0.2, -0.15) is 10.2 Å². The highest BCUT2D eigenvalue weighted by Crippen LogP contribution is 2.37. The van der Waals surface area contributed by atoms with Crippen LogP contribution in [0.2, 0.25) is 0 Å². The maximum absolute atomic E-state index is 13.6. The van der Waals surface area contributed by atoms with Gasteiger partial charge in [0.15, 0.2) is 0 Å². The number of aliphatic hydroxyl groups excluding tert-OH is 1. The number of allylic oxidation sites excluding steroid dienone is 1. The van der Waals surface area contributed by atoms with Crippen molar-refractivity contribution >= 4 is 28.3 Å². The fraction of sp³-hybridized carbons (Fsp3) is 0.136. The third-order valence-electron chi connectivity index (χ3n) is 5.31. The maximum Gasteiger partial charge on any atom is 0.255 e. The number of rotatable bonds is 4. The fourth-order valence-electron chi connectivity index (χ4n) is 3.87. The molecule has 4 aromatic rings. The molecule has 1 aliphatic heterocycles. The van der Waals surface area contributed by atoms with Gasteiger partial charge in [0.1, 0.15) is 17.7 Å². The van der Waals surface area contributed by atoms with Gasteiger partial charge < -0.3 is 15.7 Å². The van der Waals surface area contributed by atoms with Gasteiger partial charge in [-0.25, -0.2) is 9.07 Å². The van der Waals surface area contributed by atoms with Crippen LogP contribution in [0.5, 0.6) is 0 Å². The summed E-state index contributed by atoms with van der Waals surface area (Å²) in [4.78, 5) is 13.4. The van der Waals surface area contributed by atoms with Crippen molar-refractivity contribution in [1.29, 1.82) is 0 Å². The van der Waals surface area contributed by atoms with E-state index in [1.807, 2.05) is 12.1 Å². The lowest BCUT2D eigenvalue weighted by Crippen LogP contribution is -2.31. The van der Waals surface area contributed by atoms with E-state index < -0.39 is 6.04 Å². The molecule has 0 radical (unpaired) electrons. The first-order chi connectivity index (χ1) is 15.0. The van der Waals surface area contributed by atoms with Crippen LogP contribution in [0.3, 0.4) is 0 Å². The molecular weight excluding hydrogens is 399 g/mol. The Hall–Kier alpha value is -3.98. The SMILES string of the molecule is CC1=C(C(=O)Nc2ccc3[nH]ncc3c2)C(c2ccc(F)cc2)n2nc(CO)cc2N1. The summed E-state index contributed by atoms with van der Waals surface area (Å²) in [6.45, 7) is 1.57. The number of hydrogen-bond acceptors (Lipinski definition) is 5. The van der Waals surface area contributed by atoms with Gasteiger partial charge in [0.2, 0.25) is 0 Å². The van der Waals surface area contributed by atoms with Gasteiger partial charge in [0.25, 0.3) is 5.91 Å². The number of fused-ring (bicyclic) bond motifs is 2. The van der Waals surface area contributed by atoms with Gasteiger partial charge in [-0.3, -0.25) is 9.89 Å². The van der Waals surface area contributed by atoms with Crippen LogP contribution in [-0.2, 0) is 11.4 Å². The molecular formula is C22H19FN6O2. The van der Waals surface area contributed by atoms with E-state index in [9.17, 15) is 14.3 Å². The number of halogens is 1. The van der Waals surface area contributed by atoms with Gasteiger partial charge in [0.05, 0.1) is 29.6 Å². The minimum absolute atomic E-state index is 0.233. The second-order valence-corrected chi connectivity index (χ2v) is 7.37. The average Bonchev–Trinajstić information content (AvgIpc) is 3.39. The molecule has 4 N–H and O–H groups in total. The third-order valence-corrected chi connectivity index (χ3v) is 5.31. The standard InChI is InChI=1S/C22H19FN6O2/c1-12-20(22(31)26-16-6-7-18-14(8-16)10-24-27-18)21(13-2-4-15(23)5-3-13)29-19(25-12)9-17(11-30)28-29/h2-10,21,25,30H,11H2,1H3,(H,24,27)(H,26,31). The van der Waals surface area contributed by atoms with Crippen molar-refractivity contribution in [3.63, 3.8) is 0 Å². The molecule has 0 saturated carbocycles. The molecule has 0 spiro atoms. The summed E-state index contributed by atoms with van der Waals surface area (Å²) < 4.78 is 15.2. The molecule has 5 rings (SSSR count). The van der Waals surface area contributed by atoms with E-state index in [0.717, 1.165) is 10.9 Å². The van der Waals surface area contributed by atoms with Crippen LogP contribution < -0.4 is 10.6 Å². The summed E-state index contributed by atoms with van der Waals surface area (Å²) >= 11 is 0. The molecule has 9 heteroatoms. The van der Waals surface area contributed by atoms with E-state index in [1.54, 1.807) is 42.1 Å². The fourth-order valence-corrected chi connectivity index (χ4v) is 3.87. The highest BCUT2D eigenvalue weighted by molar-refractivity contribution is 6.06. The summed E-state index contributed by atoms with van der Waals surface area (Å²) in [5.41, 5.74) is 3.75. The van der Waals surface area contributed by atoms with Gasteiger partial charge in [-0.15, -0.1) is 0 Å². The number of aliphatic hydroxyl groups is 1. The number of carbonyl (C=O) groups excluding carboxylic acids is 1. The van der Waals surface area contributed by atoms with Crippen molar-refractivity contribution in [1.82, 2.24) is 20.0 Å². The second-order valence-electron chi connectivity index (χ2n) is 7.37. The number of hydrogen-bond donors (Lipinski definition) is 4. The van der Waals surface area contributed by atoms with Crippen LogP contribution in [0, 0.1) is 5.82 Å². The van der Waals surface area contributed by atoms with Crippen molar-refractivity contribution in [2.45, 2.75) is 19.6 Å². The van der Waals surface area contributed by atoms with E-state index in [1.165, 1.54) is 12.1 Å². The van der Waals surface area contributed by atoms with Gasteiger partial charge in [-0.05, 0) is 42.8 Å². The Kier molecular flexibility index (Phi) is 4.52. The molecule has 2 aromatic heterocycles. The minimum atomic E-state index is -0.588. The van der Waals surface area contributed by atoms with Crippen molar-refractivity contribution in [3.05, 3.63) is 83.1 Å². The minimum Gasteiger partial charge on any atom is -0.390 e. The van der Waals surface area contributed by atoms with E-state index >= 15 is 0 Å². The molecule has 1 aliphatic rings. The summed E-state index contributed by atoms with van der Waals surface area (Å²) in [5, 5.41) is 27.9. The molecule has 156 valence electrons. The number of aromatic amines is 1. The molecule has 0 bridgehead atoms. The zero-order valence-corrected chi connectivity index (χ0v) is 16.6. The predicted octanol–water partition coefficient (Wildman–Crippen LogP) is 3.32. The Morgan fingerprint density at radius 1 is 1.23 bits per heavy atom. The van der Waals surface area contributed by atoms with E-state index in [-0.39, 0.29) is 18.3 Å². The smallest absolute Gasteiger partial charge is 0.255 e. The van der Waals surface area contributed by atoms with Gasteiger partial charge in [0, 0.05) is 22.8 Å². The number of nitrogens with one attached hydrogen (secondary N) is 3. The summed E-state index contributed by atoms with van der Waals surface area (Å²) in [6.07, 6.45) is 1.69. The van der Waals surface area contributed by atoms with Gasteiger partial charge in [-0.1, -0.05) is 12.1 Å². The Labute approximate surface area is 176 Å². The van der Waals surface area contributed by atoms with Crippen molar-refractivity contribution in [2.24, 2.45) is 0 Å². The summed E-state index contributed by atoms with van der Waals surface area (Å²) in [6, 6.07) is 12.6. The van der Waals surface area contributed by atoms with E-state index in [2.05, 4.69) is 25.9 Å². The highest BCUT2D eigenvalue weighted by Gasteiger charge is 2.33. The quantitative estimate of drug-likeness (QED) is 0.407. The Balaban J connectivity index is 1.56. The van der Waals surface area contributed by atoms with Crippen LogP contribution in [0.25, 0.3) is 10.9 Å². The molecule has 0 saturated heterocycles. The number of carbonyl (C=O) groups is 1. The summed E-state index contributed by atoms with van der Waals surface area (Å²) in [5.74, 6) is -0.0318. The molecule has 31 heavy (non-hydrogen) atoms. The first kappa shape index (κ1) is 19.0. The largest absolute Gasteiger partial charge is 0.390 e. The first-order valence-electron chi connectivity index (χ1n) is 9.70. The monoisotopic (exact) mass is 418 g/mol. The maximum atomic E-state index is 13.6. The van der Waals surface area contributed by atoms with Gasteiger partial charge >= 0.3 is 0 Å². The molecule has 2 aromatic carbocycles. The number of anilines is 2. The Bertz CT molecular complexity index is 1320. The van der Waals surface area contributed by atoms with E-state index in [4.69, 9.17) is 0 Å². The lowest BCUT2D eigenvalue weighted by atomic mass is 9.94. The number of H-pyrrole nitrogens is 1. The van der Waals surface area contributed by atoms with Crippen LogP contribution in [0.1, 0.15) is 24.2 Å². The predicted molar refractivity (Wildman–Crippen MR) is 114 cm³/mol. The zero-order valence-electron chi connectivity index (χ0n) is 16.6. The molecule has 0 aliphatic carbocycles. The molecule has 0 fully saturated rings. The van der Waals surface area contributed by atoms with Crippen LogP contribution >= 0.6 is 0 Å². The lowest BCUT2D eigenvalue weighted by molar-refractivity contribution is -0.113. The average molecular weight is 418 g/mol. The zero-order chi connectivity index (χ0) is 21.5. The third kappa shape index (κ3) is 3.34. The molecule has 1 amide bonds. The van der Waals surface area contributed by atoms with E-state index in [0.29, 0.717) is 34.0 Å². The van der Waals surface area contributed by atoms with Crippen LogP contribution in [-0.4, -0.2) is 31.0 Å².